The number of amides is 1. The van der Waals surface area contributed by atoms with E-state index in [1.165, 1.54) is 25.3 Å². The molecule has 0 saturated carbocycles. The van der Waals surface area contributed by atoms with Gasteiger partial charge in [0, 0.05) is 28.4 Å². The van der Waals surface area contributed by atoms with Gasteiger partial charge in [-0.2, -0.15) is 5.26 Å². The summed E-state index contributed by atoms with van der Waals surface area (Å²) >= 11 is 6.16. The van der Waals surface area contributed by atoms with E-state index < -0.39 is 10.8 Å². The van der Waals surface area contributed by atoms with E-state index in [2.05, 4.69) is 5.32 Å². The van der Waals surface area contributed by atoms with Crippen LogP contribution in [0.2, 0.25) is 5.02 Å². The van der Waals surface area contributed by atoms with Gasteiger partial charge in [-0.05, 0) is 71.8 Å². The van der Waals surface area contributed by atoms with Crippen LogP contribution in [0.1, 0.15) is 16.7 Å². The highest BCUT2D eigenvalue weighted by atomic mass is 35.5. The Labute approximate surface area is 241 Å². The first kappa shape index (κ1) is 28.7. The number of nitrogens with one attached hydrogen (secondary N) is 1. The predicted molar refractivity (Wildman–Crippen MR) is 155 cm³/mol. The number of nitro groups is 1. The molecular formula is C31H24ClN3O6. The van der Waals surface area contributed by atoms with Gasteiger partial charge in [0.15, 0.2) is 11.5 Å². The van der Waals surface area contributed by atoms with E-state index in [0.29, 0.717) is 40.1 Å². The van der Waals surface area contributed by atoms with Crippen LogP contribution in [-0.4, -0.2) is 17.9 Å². The van der Waals surface area contributed by atoms with Crippen LogP contribution in [0.15, 0.2) is 96.6 Å². The van der Waals surface area contributed by atoms with Crippen LogP contribution in [-0.2, 0) is 18.0 Å². The molecule has 0 aromatic heterocycles. The van der Waals surface area contributed by atoms with Crippen LogP contribution in [0.25, 0.3) is 6.08 Å². The summed E-state index contributed by atoms with van der Waals surface area (Å²) < 4.78 is 17.0. The molecule has 206 valence electrons. The molecule has 0 atom stereocenters. The molecule has 1 N–H and O–H groups in total. The Balaban J connectivity index is 1.37. The van der Waals surface area contributed by atoms with Crippen molar-refractivity contribution in [1.82, 2.24) is 0 Å². The van der Waals surface area contributed by atoms with Crippen LogP contribution in [0.3, 0.4) is 0 Å². The number of anilines is 1. The molecule has 4 aromatic rings. The topological polar surface area (TPSA) is 124 Å². The minimum atomic E-state index is -0.574. The van der Waals surface area contributed by atoms with Crippen molar-refractivity contribution in [3.05, 3.63) is 128 Å². The van der Waals surface area contributed by atoms with Gasteiger partial charge in [-0.3, -0.25) is 14.9 Å². The Hall–Kier alpha value is -5.33. The zero-order valence-electron chi connectivity index (χ0n) is 21.9. The van der Waals surface area contributed by atoms with Gasteiger partial charge in [0.05, 0.1) is 12.0 Å². The second kappa shape index (κ2) is 13.6. The fourth-order valence-corrected chi connectivity index (χ4v) is 3.88. The highest BCUT2D eigenvalue weighted by Crippen LogP contribution is 2.30. The van der Waals surface area contributed by atoms with Crippen molar-refractivity contribution in [2.24, 2.45) is 0 Å². The minimum absolute atomic E-state index is 0.00424. The molecule has 0 bridgehead atoms. The van der Waals surface area contributed by atoms with Crippen LogP contribution in [0.5, 0.6) is 17.2 Å². The maximum atomic E-state index is 12.8. The summed E-state index contributed by atoms with van der Waals surface area (Å²) in [6.07, 6.45) is 1.44. The third-order valence-corrected chi connectivity index (χ3v) is 6.24. The maximum Gasteiger partial charge on any atom is 0.269 e. The first-order valence-electron chi connectivity index (χ1n) is 12.3. The molecule has 0 aliphatic carbocycles. The summed E-state index contributed by atoms with van der Waals surface area (Å²) in [5.74, 6) is 0.852. The van der Waals surface area contributed by atoms with Gasteiger partial charge in [-0.25, -0.2) is 0 Å². The van der Waals surface area contributed by atoms with Crippen molar-refractivity contribution in [2.75, 3.05) is 12.4 Å². The van der Waals surface area contributed by atoms with E-state index in [-0.39, 0.29) is 17.9 Å². The summed E-state index contributed by atoms with van der Waals surface area (Å²) in [5.41, 5.74) is 2.54. The van der Waals surface area contributed by atoms with E-state index in [1.54, 1.807) is 60.7 Å². The maximum absolute atomic E-state index is 12.8. The summed E-state index contributed by atoms with van der Waals surface area (Å²) in [5, 5.41) is 23.8. The number of carbonyl (C=O) groups is 1. The lowest BCUT2D eigenvalue weighted by Crippen LogP contribution is -2.13. The Bertz CT molecular complexity index is 1610. The molecule has 0 unspecified atom stereocenters. The summed E-state index contributed by atoms with van der Waals surface area (Å²) in [7, 11) is 1.47. The number of nitrogens with zero attached hydrogens (tertiary/aromatic N) is 2. The quantitative estimate of drug-likeness (QED) is 0.0895. The monoisotopic (exact) mass is 569 g/mol. The Morgan fingerprint density at radius 3 is 2.37 bits per heavy atom. The lowest BCUT2D eigenvalue weighted by molar-refractivity contribution is -0.384. The number of non-ortho nitro benzene ring substituents is 1. The molecule has 0 heterocycles. The average molecular weight is 570 g/mol. The van der Waals surface area contributed by atoms with Crippen LogP contribution >= 0.6 is 11.6 Å². The van der Waals surface area contributed by atoms with Crippen LogP contribution in [0, 0.1) is 21.4 Å². The molecule has 0 saturated heterocycles. The van der Waals surface area contributed by atoms with Gasteiger partial charge in [0.25, 0.3) is 11.6 Å². The number of nitro benzene ring substituents is 1. The molecule has 0 aliphatic heterocycles. The van der Waals surface area contributed by atoms with E-state index in [0.717, 1.165) is 11.1 Å². The first-order chi connectivity index (χ1) is 19.9. The van der Waals surface area contributed by atoms with Gasteiger partial charge in [0.1, 0.15) is 30.6 Å². The third kappa shape index (κ3) is 7.85. The van der Waals surface area contributed by atoms with Gasteiger partial charge in [-0.15, -0.1) is 0 Å². The predicted octanol–water partition coefficient (Wildman–Crippen LogP) is 6.96. The number of halogens is 1. The SMILES string of the molecule is COc1cc(/C=C(\C#N)C(=O)Nc2ccc(OCc3ccccc3Cl)cc2)ccc1OCc1ccc([N+](=O)[O-])cc1. The second-order valence-corrected chi connectivity index (χ2v) is 9.06. The fourth-order valence-electron chi connectivity index (χ4n) is 3.69. The molecule has 4 aromatic carbocycles. The standard InChI is InChI=1S/C31H24ClN3O6/c1-39-30-17-22(8-15-29(30)41-19-21-6-11-26(12-7-21)35(37)38)16-24(18-33)31(36)34-25-9-13-27(14-10-25)40-20-23-4-2-3-5-28(23)32/h2-17H,19-20H2,1H3,(H,34,36)/b24-16+. The van der Waals surface area contributed by atoms with E-state index >= 15 is 0 Å². The fraction of sp³-hybridized carbons (Fsp3) is 0.0968. The van der Waals surface area contributed by atoms with Crippen molar-refractivity contribution in [1.29, 1.82) is 5.26 Å². The number of hydrogen-bond donors (Lipinski definition) is 1. The van der Waals surface area contributed by atoms with Crippen molar-refractivity contribution in [3.63, 3.8) is 0 Å². The van der Waals surface area contributed by atoms with Crippen molar-refractivity contribution >= 4 is 35.0 Å². The zero-order chi connectivity index (χ0) is 29.2. The molecule has 0 fully saturated rings. The first-order valence-corrected chi connectivity index (χ1v) is 12.7. The molecule has 9 nitrogen and oxygen atoms in total. The molecule has 41 heavy (non-hydrogen) atoms. The lowest BCUT2D eigenvalue weighted by atomic mass is 10.1. The van der Waals surface area contributed by atoms with Gasteiger partial charge < -0.3 is 19.5 Å². The van der Waals surface area contributed by atoms with Gasteiger partial charge >= 0.3 is 0 Å². The minimum Gasteiger partial charge on any atom is -0.493 e. The third-order valence-electron chi connectivity index (χ3n) is 5.87. The van der Waals surface area contributed by atoms with Crippen LogP contribution < -0.4 is 19.5 Å². The van der Waals surface area contributed by atoms with Gasteiger partial charge in [0.2, 0.25) is 0 Å². The molecule has 0 aliphatic rings. The number of methoxy groups -OCH3 is 1. The number of rotatable bonds is 11. The van der Waals surface area contributed by atoms with Gasteiger partial charge in [-0.1, -0.05) is 35.9 Å². The second-order valence-electron chi connectivity index (χ2n) is 8.65. The molecule has 1 amide bonds. The van der Waals surface area contributed by atoms with E-state index in [1.807, 2.05) is 24.3 Å². The molecular weight excluding hydrogens is 546 g/mol. The normalized spacial score (nSPS) is 10.8. The highest BCUT2D eigenvalue weighted by molar-refractivity contribution is 6.31. The Morgan fingerprint density at radius 2 is 1.71 bits per heavy atom. The number of nitriles is 1. The largest absolute Gasteiger partial charge is 0.493 e. The summed E-state index contributed by atoms with van der Waals surface area (Å²) in [6, 6.07) is 27.1. The highest BCUT2D eigenvalue weighted by Gasteiger charge is 2.12. The number of carbonyl (C=O) groups excluding carboxylic acids is 1. The average Bonchev–Trinajstić information content (AvgIpc) is 2.99. The molecule has 10 heteroatoms. The smallest absolute Gasteiger partial charge is 0.269 e. The number of ether oxygens (including phenoxy) is 3. The Morgan fingerprint density at radius 1 is 0.976 bits per heavy atom. The summed E-state index contributed by atoms with van der Waals surface area (Å²) in [4.78, 5) is 23.1. The van der Waals surface area contributed by atoms with E-state index in [4.69, 9.17) is 25.8 Å². The zero-order valence-corrected chi connectivity index (χ0v) is 22.6. The van der Waals surface area contributed by atoms with E-state index in [9.17, 15) is 20.2 Å². The van der Waals surface area contributed by atoms with Crippen molar-refractivity contribution in [3.8, 4) is 23.3 Å². The Kier molecular flexibility index (Phi) is 9.54. The summed E-state index contributed by atoms with van der Waals surface area (Å²) in [6.45, 7) is 0.469. The van der Waals surface area contributed by atoms with Crippen molar-refractivity contribution in [2.45, 2.75) is 13.2 Å². The van der Waals surface area contributed by atoms with Crippen molar-refractivity contribution < 1.29 is 23.9 Å². The number of benzene rings is 4. The van der Waals surface area contributed by atoms with Crippen LogP contribution in [0.4, 0.5) is 11.4 Å². The lowest BCUT2D eigenvalue weighted by Gasteiger charge is -2.12. The molecule has 4 rings (SSSR count). The number of hydrogen-bond acceptors (Lipinski definition) is 7. The molecule has 0 radical (unpaired) electrons. The molecule has 0 spiro atoms.